The monoisotopic (exact) mass is 411 g/mol. The molecule has 0 radical (unpaired) electrons. The zero-order chi connectivity index (χ0) is 20.0. The molecule has 2 rings (SSSR count). The first-order valence-corrected chi connectivity index (χ1v) is 10.6. The molecule has 2 aromatic rings. The average Bonchev–Trinajstić information content (AvgIpc) is 3.11. The number of amides is 2. The second kappa shape index (κ2) is 8.91. The van der Waals surface area contributed by atoms with Gasteiger partial charge in [-0.05, 0) is 25.5 Å². The Morgan fingerprint density at radius 3 is 2.56 bits per heavy atom. The van der Waals surface area contributed by atoms with Crippen molar-refractivity contribution < 1.29 is 18.0 Å². The molecular formula is C16H21N5O4S2. The molecule has 1 unspecified atom stereocenters. The summed E-state index contributed by atoms with van der Waals surface area (Å²) in [7, 11) is -4.06. The van der Waals surface area contributed by atoms with E-state index in [1.54, 1.807) is 19.1 Å². The molecule has 1 aromatic heterocycles. The van der Waals surface area contributed by atoms with Gasteiger partial charge >= 0.3 is 0 Å². The van der Waals surface area contributed by atoms with Gasteiger partial charge in [-0.15, -0.1) is 10.2 Å². The minimum absolute atomic E-state index is 0.0462. The molecule has 0 saturated heterocycles. The van der Waals surface area contributed by atoms with Crippen LogP contribution in [0.4, 0.5) is 10.8 Å². The zero-order valence-corrected chi connectivity index (χ0v) is 16.8. The van der Waals surface area contributed by atoms with Gasteiger partial charge in [-0.3, -0.25) is 14.3 Å². The summed E-state index contributed by atoms with van der Waals surface area (Å²) in [5, 5.41) is 12.6. The van der Waals surface area contributed by atoms with Crippen LogP contribution in [-0.4, -0.2) is 36.5 Å². The van der Waals surface area contributed by atoms with E-state index in [1.807, 2.05) is 13.8 Å². The Kier molecular flexibility index (Phi) is 6.86. The molecule has 0 aliphatic carbocycles. The van der Waals surface area contributed by atoms with Crippen LogP contribution >= 0.6 is 11.3 Å². The quantitative estimate of drug-likeness (QED) is 0.571. The molecule has 0 bridgehead atoms. The fourth-order valence-electron chi connectivity index (χ4n) is 1.94. The van der Waals surface area contributed by atoms with Crippen LogP contribution in [0.1, 0.15) is 44.0 Å². The first kappa shape index (κ1) is 20.8. The number of rotatable bonds is 8. The van der Waals surface area contributed by atoms with Crippen molar-refractivity contribution in [2.24, 2.45) is 0 Å². The fourth-order valence-corrected chi connectivity index (χ4v) is 3.94. The second-order valence-electron chi connectivity index (χ2n) is 5.71. The highest BCUT2D eigenvalue weighted by molar-refractivity contribution is 7.94. The maximum Gasteiger partial charge on any atom is 0.291 e. The van der Waals surface area contributed by atoms with Crippen LogP contribution in [0.5, 0.6) is 0 Å². The topological polar surface area (TPSA) is 130 Å². The van der Waals surface area contributed by atoms with Gasteiger partial charge in [0.2, 0.25) is 11.0 Å². The van der Waals surface area contributed by atoms with Crippen molar-refractivity contribution in [3.63, 3.8) is 0 Å². The highest BCUT2D eigenvalue weighted by Gasteiger charge is 2.23. The minimum Gasteiger partial charge on any atom is -0.350 e. The number of carbonyl (C=O) groups is 2. The Bertz CT molecular complexity index is 926. The molecule has 1 aromatic carbocycles. The number of hydrogen-bond donors (Lipinski definition) is 3. The van der Waals surface area contributed by atoms with Gasteiger partial charge in [-0.2, -0.15) is 8.42 Å². The molecule has 1 atom stereocenters. The van der Waals surface area contributed by atoms with E-state index in [9.17, 15) is 18.0 Å². The lowest BCUT2D eigenvalue weighted by molar-refractivity contribution is -0.115. The highest BCUT2D eigenvalue weighted by atomic mass is 32.2. The molecule has 0 aliphatic heterocycles. The number of anilines is 2. The SMILES string of the molecule is CCC(=O)Nc1nnc(S(=O)(=O)Nc2ccccc2C(=O)NC(C)CC)s1. The smallest absolute Gasteiger partial charge is 0.291 e. The normalized spacial score (nSPS) is 12.3. The van der Waals surface area contributed by atoms with Gasteiger partial charge in [0.25, 0.3) is 20.3 Å². The standard InChI is InChI=1S/C16H21N5O4S2/c1-4-10(3)17-14(23)11-8-6-7-9-12(11)21-27(24,25)16-20-19-15(26-16)18-13(22)5-2/h6-10,21H,4-5H2,1-3H3,(H,17,23)(H,18,19,22). The number of carbonyl (C=O) groups excluding carboxylic acids is 2. The molecule has 11 heteroatoms. The van der Waals surface area contributed by atoms with Crippen LogP contribution in [0.25, 0.3) is 0 Å². The first-order chi connectivity index (χ1) is 12.8. The Balaban J connectivity index is 2.23. The Labute approximate surface area is 161 Å². The zero-order valence-electron chi connectivity index (χ0n) is 15.1. The first-order valence-electron chi connectivity index (χ1n) is 8.32. The molecule has 0 saturated carbocycles. The fraction of sp³-hybridized carbons (Fsp3) is 0.375. The van der Waals surface area contributed by atoms with Gasteiger partial charge in [0.15, 0.2) is 0 Å². The highest BCUT2D eigenvalue weighted by Crippen LogP contribution is 2.24. The van der Waals surface area contributed by atoms with Gasteiger partial charge in [-0.25, -0.2) is 0 Å². The van der Waals surface area contributed by atoms with E-state index in [-0.39, 0.29) is 45.0 Å². The maximum atomic E-state index is 12.6. The lowest BCUT2D eigenvalue weighted by atomic mass is 10.1. The molecule has 3 N–H and O–H groups in total. The van der Waals surface area contributed by atoms with Crippen molar-refractivity contribution >= 4 is 44.0 Å². The molecule has 146 valence electrons. The van der Waals surface area contributed by atoms with E-state index in [1.165, 1.54) is 12.1 Å². The van der Waals surface area contributed by atoms with Gasteiger partial charge in [0, 0.05) is 12.5 Å². The Morgan fingerprint density at radius 1 is 1.19 bits per heavy atom. The molecule has 1 heterocycles. The Hall–Kier alpha value is -2.53. The van der Waals surface area contributed by atoms with Crippen molar-refractivity contribution in [2.45, 2.75) is 44.0 Å². The van der Waals surface area contributed by atoms with Crippen molar-refractivity contribution in [1.82, 2.24) is 15.5 Å². The number of nitrogens with one attached hydrogen (secondary N) is 3. The summed E-state index contributed by atoms with van der Waals surface area (Å²) in [4.78, 5) is 23.8. The predicted molar refractivity (Wildman–Crippen MR) is 103 cm³/mol. The molecule has 0 spiro atoms. The summed E-state index contributed by atoms with van der Waals surface area (Å²) in [5.74, 6) is -0.675. The van der Waals surface area contributed by atoms with E-state index in [4.69, 9.17) is 0 Å². The maximum absolute atomic E-state index is 12.6. The van der Waals surface area contributed by atoms with E-state index >= 15 is 0 Å². The van der Waals surface area contributed by atoms with Gasteiger partial charge < -0.3 is 10.6 Å². The van der Waals surface area contributed by atoms with Crippen molar-refractivity contribution in [2.75, 3.05) is 10.0 Å². The molecule has 2 amide bonds. The Morgan fingerprint density at radius 2 is 1.89 bits per heavy atom. The van der Waals surface area contributed by atoms with Crippen molar-refractivity contribution in [3.8, 4) is 0 Å². The third kappa shape index (κ3) is 5.47. The number of aromatic nitrogens is 2. The predicted octanol–water partition coefficient (Wildman–Crippen LogP) is 2.22. The summed E-state index contributed by atoms with van der Waals surface area (Å²) < 4.78 is 27.2. The number of nitrogens with zero attached hydrogens (tertiary/aromatic N) is 2. The summed E-state index contributed by atoms with van der Waals surface area (Å²) in [6, 6.07) is 6.24. The number of benzene rings is 1. The molecule has 0 aliphatic rings. The van der Waals surface area contributed by atoms with Gasteiger partial charge in [-0.1, -0.05) is 37.3 Å². The van der Waals surface area contributed by atoms with Crippen LogP contribution in [0.3, 0.4) is 0 Å². The molecular weight excluding hydrogens is 390 g/mol. The minimum atomic E-state index is -4.06. The third-order valence-corrected chi connectivity index (χ3v) is 6.18. The number of para-hydroxylation sites is 1. The molecule has 0 fully saturated rings. The van der Waals surface area contributed by atoms with Crippen LogP contribution < -0.4 is 15.4 Å². The van der Waals surface area contributed by atoms with E-state index in [2.05, 4.69) is 25.6 Å². The van der Waals surface area contributed by atoms with Crippen LogP contribution in [0.2, 0.25) is 0 Å². The number of hydrogen-bond acceptors (Lipinski definition) is 7. The van der Waals surface area contributed by atoms with E-state index in [0.717, 1.165) is 17.8 Å². The number of sulfonamides is 1. The van der Waals surface area contributed by atoms with E-state index in [0.29, 0.717) is 0 Å². The van der Waals surface area contributed by atoms with Crippen molar-refractivity contribution in [1.29, 1.82) is 0 Å². The summed E-state index contributed by atoms with van der Waals surface area (Å²) in [6.45, 7) is 5.46. The summed E-state index contributed by atoms with van der Waals surface area (Å²) in [6.07, 6.45) is 0.981. The van der Waals surface area contributed by atoms with Gasteiger partial charge in [0.05, 0.1) is 11.3 Å². The van der Waals surface area contributed by atoms with Crippen LogP contribution in [0, 0.1) is 0 Å². The lowest BCUT2D eigenvalue weighted by Crippen LogP contribution is -2.32. The third-order valence-electron chi connectivity index (χ3n) is 3.61. The average molecular weight is 412 g/mol. The lowest BCUT2D eigenvalue weighted by Gasteiger charge is -2.14. The van der Waals surface area contributed by atoms with E-state index < -0.39 is 10.0 Å². The molecule has 27 heavy (non-hydrogen) atoms. The van der Waals surface area contributed by atoms with Gasteiger partial charge in [0.1, 0.15) is 0 Å². The van der Waals surface area contributed by atoms with Crippen LogP contribution in [0.15, 0.2) is 28.6 Å². The second-order valence-corrected chi connectivity index (χ2v) is 8.54. The van der Waals surface area contributed by atoms with Crippen LogP contribution in [-0.2, 0) is 14.8 Å². The molecule has 9 nitrogen and oxygen atoms in total. The summed E-state index contributed by atoms with van der Waals surface area (Å²) in [5.41, 5.74) is 0.332. The van der Waals surface area contributed by atoms with Crippen molar-refractivity contribution in [3.05, 3.63) is 29.8 Å². The largest absolute Gasteiger partial charge is 0.350 e. The summed E-state index contributed by atoms with van der Waals surface area (Å²) >= 11 is 0.726.